The van der Waals surface area contributed by atoms with Crippen molar-refractivity contribution in [3.05, 3.63) is 88.2 Å². The van der Waals surface area contributed by atoms with E-state index in [1.165, 1.54) is 6.07 Å². The molecule has 0 aliphatic carbocycles. The first-order valence-electron chi connectivity index (χ1n) is 8.95. The number of nitrogens with one attached hydrogen (secondary N) is 1. The molecule has 1 amide bonds. The van der Waals surface area contributed by atoms with Crippen molar-refractivity contribution in [3.63, 3.8) is 0 Å². The van der Waals surface area contributed by atoms with Gasteiger partial charge in [0.2, 0.25) is 0 Å². The highest BCUT2D eigenvalue weighted by molar-refractivity contribution is 5.96. The first kappa shape index (κ1) is 19.8. The lowest BCUT2D eigenvalue weighted by atomic mass is 10.1. The van der Waals surface area contributed by atoms with Gasteiger partial charge in [-0.3, -0.25) is 4.79 Å². The molecule has 28 heavy (non-hydrogen) atoms. The van der Waals surface area contributed by atoms with Gasteiger partial charge in [-0.05, 0) is 44.5 Å². The third-order valence-corrected chi connectivity index (χ3v) is 4.81. The van der Waals surface area contributed by atoms with Crippen molar-refractivity contribution in [2.75, 3.05) is 6.54 Å². The Bertz CT molecular complexity index is 1030. The fourth-order valence-electron chi connectivity index (χ4n) is 3.34. The molecular formula is C22H22F2N2O2. The van der Waals surface area contributed by atoms with Crippen LogP contribution in [-0.2, 0) is 0 Å². The monoisotopic (exact) mass is 384 g/mol. The van der Waals surface area contributed by atoms with Gasteiger partial charge in [-0.2, -0.15) is 0 Å². The SMILES string of the molecule is Cc1ccccc1-n1c(C)cc(C(=O)NCC(O)c2ccc(F)cc2F)c1C. The summed E-state index contributed by atoms with van der Waals surface area (Å²) in [6.07, 6.45) is -1.27. The summed E-state index contributed by atoms with van der Waals surface area (Å²) in [6, 6.07) is 12.6. The molecule has 3 rings (SSSR count). The minimum atomic E-state index is -1.27. The Balaban J connectivity index is 1.78. The van der Waals surface area contributed by atoms with E-state index >= 15 is 0 Å². The molecule has 2 aromatic carbocycles. The van der Waals surface area contributed by atoms with Crippen LogP contribution in [0.15, 0.2) is 48.5 Å². The standard InChI is InChI=1S/C22H22F2N2O2/c1-13-6-4-5-7-20(13)26-14(2)10-18(15(26)3)22(28)25-12-21(27)17-9-8-16(23)11-19(17)24/h4-11,21,27H,12H2,1-3H3,(H,25,28). The molecule has 0 bridgehead atoms. The highest BCUT2D eigenvalue weighted by Crippen LogP contribution is 2.23. The fourth-order valence-corrected chi connectivity index (χ4v) is 3.34. The summed E-state index contributed by atoms with van der Waals surface area (Å²) in [7, 11) is 0. The number of para-hydroxylation sites is 1. The second kappa shape index (κ2) is 7.94. The van der Waals surface area contributed by atoms with E-state index in [0.717, 1.165) is 28.7 Å². The molecule has 3 aromatic rings. The van der Waals surface area contributed by atoms with Crippen LogP contribution in [0.4, 0.5) is 8.78 Å². The molecule has 0 radical (unpaired) electrons. The highest BCUT2D eigenvalue weighted by Gasteiger charge is 2.19. The number of aliphatic hydroxyl groups excluding tert-OH is 1. The lowest BCUT2D eigenvalue weighted by molar-refractivity contribution is 0.0913. The van der Waals surface area contributed by atoms with E-state index in [0.29, 0.717) is 11.6 Å². The zero-order valence-electron chi connectivity index (χ0n) is 16.0. The number of halogens is 2. The van der Waals surface area contributed by atoms with E-state index in [9.17, 15) is 18.7 Å². The molecule has 1 atom stereocenters. The van der Waals surface area contributed by atoms with Crippen LogP contribution in [0.2, 0.25) is 0 Å². The number of aliphatic hydroxyl groups is 1. The summed E-state index contributed by atoms with van der Waals surface area (Å²) in [5, 5.41) is 12.8. The number of amides is 1. The molecule has 0 saturated carbocycles. The lowest BCUT2D eigenvalue weighted by Crippen LogP contribution is -2.29. The molecular weight excluding hydrogens is 362 g/mol. The lowest BCUT2D eigenvalue weighted by Gasteiger charge is -2.14. The van der Waals surface area contributed by atoms with Gasteiger partial charge in [-0.25, -0.2) is 8.78 Å². The third kappa shape index (κ3) is 3.82. The Kier molecular flexibility index (Phi) is 5.61. The van der Waals surface area contributed by atoms with Gasteiger partial charge in [-0.1, -0.05) is 24.3 Å². The maximum atomic E-state index is 13.8. The molecule has 6 heteroatoms. The van der Waals surface area contributed by atoms with Crippen molar-refractivity contribution in [3.8, 4) is 5.69 Å². The van der Waals surface area contributed by atoms with Crippen molar-refractivity contribution in [1.82, 2.24) is 9.88 Å². The molecule has 1 heterocycles. The molecule has 1 aromatic heterocycles. The number of aromatic nitrogens is 1. The molecule has 2 N–H and O–H groups in total. The summed E-state index contributed by atoms with van der Waals surface area (Å²) in [5.74, 6) is -1.94. The largest absolute Gasteiger partial charge is 0.386 e. The summed E-state index contributed by atoms with van der Waals surface area (Å²) >= 11 is 0. The molecule has 0 spiro atoms. The number of carbonyl (C=O) groups excluding carboxylic acids is 1. The summed E-state index contributed by atoms with van der Waals surface area (Å²) in [6.45, 7) is 5.58. The van der Waals surface area contributed by atoms with Gasteiger partial charge < -0.3 is 15.0 Å². The van der Waals surface area contributed by atoms with E-state index in [1.54, 1.807) is 6.07 Å². The summed E-state index contributed by atoms with van der Waals surface area (Å²) in [5.41, 5.74) is 4.16. The second-order valence-electron chi connectivity index (χ2n) is 6.80. The molecule has 0 saturated heterocycles. The zero-order chi connectivity index (χ0) is 20.4. The fraction of sp³-hybridized carbons (Fsp3) is 0.227. The van der Waals surface area contributed by atoms with Crippen molar-refractivity contribution in [2.24, 2.45) is 0 Å². The Hall–Kier alpha value is -2.99. The van der Waals surface area contributed by atoms with E-state index < -0.39 is 17.7 Å². The average molecular weight is 384 g/mol. The maximum absolute atomic E-state index is 13.8. The van der Waals surface area contributed by atoms with Gasteiger partial charge in [0.15, 0.2) is 0 Å². The molecule has 1 unspecified atom stereocenters. The molecule has 0 aliphatic heterocycles. The first-order valence-corrected chi connectivity index (χ1v) is 8.95. The van der Waals surface area contributed by atoms with Crippen molar-refractivity contribution < 1.29 is 18.7 Å². The van der Waals surface area contributed by atoms with E-state index in [4.69, 9.17) is 0 Å². The minimum Gasteiger partial charge on any atom is -0.386 e. The number of nitrogens with zero attached hydrogens (tertiary/aromatic N) is 1. The average Bonchev–Trinajstić information content (AvgIpc) is 2.94. The Morgan fingerprint density at radius 3 is 2.50 bits per heavy atom. The van der Waals surface area contributed by atoms with Crippen LogP contribution in [-0.4, -0.2) is 22.1 Å². The van der Waals surface area contributed by atoms with Gasteiger partial charge in [0.25, 0.3) is 5.91 Å². The Labute approximate surface area is 162 Å². The Morgan fingerprint density at radius 1 is 1.11 bits per heavy atom. The van der Waals surface area contributed by atoms with Crippen LogP contribution < -0.4 is 5.32 Å². The van der Waals surface area contributed by atoms with Crippen LogP contribution in [0.5, 0.6) is 0 Å². The van der Waals surface area contributed by atoms with Gasteiger partial charge in [0.05, 0.1) is 11.7 Å². The molecule has 146 valence electrons. The molecule has 0 aliphatic rings. The van der Waals surface area contributed by atoms with Gasteiger partial charge in [-0.15, -0.1) is 0 Å². The minimum absolute atomic E-state index is 0.0629. The number of carbonyl (C=O) groups is 1. The Morgan fingerprint density at radius 2 is 1.82 bits per heavy atom. The topological polar surface area (TPSA) is 54.3 Å². The van der Waals surface area contributed by atoms with Crippen molar-refractivity contribution in [1.29, 1.82) is 0 Å². The van der Waals surface area contributed by atoms with E-state index in [-0.39, 0.29) is 18.0 Å². The van der Waals surface area contributed by atoms with E-state index in [1.807, 2.05) is 49.6 Å². The van der Waals surface area contributed by atoms with Gasteiger partial charge >= 0.3 is 0 Å². The predicted octanol–water partition coefficient (Wildman–Crippen LogP) is 4.14. The predicted molar refractivity (Wildman–Crippen MR) is 104 cm³/mol. The number of benzene rings is 2. The number of aryl methyl sites for hydroxylation is 2. The number of rotatable bonds is 5. The molecule has 4 nitrogen and oxygen atoms in total. The van der Waals surface area contributed by atoms with Crippen LogP contribution in [0.3, 0.4) is 0 Å². The van der Waals surface area contributed by atoms with E-state index in [2.05, 4.69) is 5.32 Å². The number of hydrogen-bond donors (Lipinski definition) is 2. The van der Waals surface area contributed by atoms with Crippen LogP contribution in [0, 0.1) is 32.4 Å². The smallest absolute Gasteiger partial charge is 0.253 e. The van der Waals surface area contributed by atoms with Crippen molar-refractivity contribution >= 4 is 5.91 Å². The summed E-state index contributed by atoms with van der Waals surface area (Å²) < 4.78 is 28.8. The molecule has 0 fully saturated rings. The second-order valence-corrected chi connectivity index (χ2v) is 6.80. The first-order chi connectivity index (χ1) is 13.3. The zero-order valence-corrected chi connectivity index (χ0v) is 16.0. The quantitative estimate of drug-likeness (QED) is 0.695. The normalized spacial score (nSPS) is 12.1. The highest BCUT2D eigenvalue weighted by atomic mass is 19.1. The van der Waals surface area contributed by atoms with Crippen molar-refractivity contribution in [2.45, 2.75) is 26.9 Å². The maximum Gasteiger partial charge on any atom is 0.253 e. The summed E-state index contributed by atoms with van der Waals surface area (Å²) in [4.78, 5) is 12.6. The van der Waals surface area contributed by atoms with Gasteiger partial charge in [0, 0.05) is 35.2 Å². The van der Waals surface area contributed by atoms with Crippen LogP contribution >= 0.6 is 0 Å². The van der Waals surface area contributed by atoms with Crippen LogP contribution in [0.1, 0.15) is 39.0 Å². The number of hydrogen-bond acceptors (Lipinski definition) is 2. The van der Waals surface area contributed by atoms with Gasteiger partial charge in [0.1, 0.15) is 11.6 Å². The van der Waals surface area contributed by atoms with Crippen LogP contribution in [0.25, 0.3) is 5.69 Å². The third-order valence-electron chi connectivity index (χ3n) is 4.81.